The number of pyridine rings is 1. The molecule has 0 saturated carbocycles. The molecule has 0 bridgehead atoms. The molecule has 1 saturated heterocycles. The molecule has 0 radical (unpaired) electrons. The van der Waals surface area contributed by atoms with Crippen LogP contribution in [0.15, 0.2) is 48.7 Å². The Morgan fingerprint density at radius 3 is 2.00 bits per heavy atom. The van der Waals surface area contributed by atoms with Crippen LogP contribution in [0.25, 0.3) is 22.1 Å². The van der Waals surface area contributed by atoms with E-state index in [0.29, 0.717) is 89.9 Å². The van der Waals surface area contributed by atoms with E-state index in [2.05, 4.69) is 35.7 Å². The highest BCUT2D eigenvalue weighted by molar-refractivity contribution is 6.05. The van der Waals surface area contributed by atoms with Crippen LogP contribution in [-0.4, -0.2) is 112 Å². The fraction of sp³-hybridized carbons (Fsp3) is 0.375. The Hall–Kier alpha value is -6.93. The molecule has 0 unspecified atom stereocenters. The number of anilines is 2. The van der Waals surface area contributed by atoms with Crippen molar-refractivity contribution in [2.24, 2.45) is 11.5 Å². The van der Waals surface area contributed by atoms with Gasteiger partial charge in [-0.1, -0.05) is 12.2 Å². The van der Waals surface area contributed by atoms with E-state index in [1.807, 2.05) is 32.9 Å². The van der Waals surface area contributed by atoms with Gasteiger partial charge in [-0.25, -0.2) is 15.0 Å². The highest BCUT2D eigenvalue weighted by Crippen LogP contribution is 2.32. The first-order valence-electron chi connectivity index (χ1n) is 19.7. The number of allylic oxidation sites excluding steroid dienone is 2. The zero-order chi connectivity index (χ0) is 42.5. The molecule has 6 N–H and O–H groups in total. The molecule has 0 aliphatic carbocycles. The Morgan fingerprint density at radius 1 is 0.800 bits per heavy atom. The third-order valence-electron chi connectivity index (χ3n) is 10.0. The number of benzene rings is 1. The minimum absolute atomic E-state index is 0.0255. The lowest BCUT2D eigenvalue weighted by atomic mass is 10.1. The predicted molar refractivity (Wildman–Crippen MR) is 222 cm³/mol. The molecule has 0 spiro atoms. The lowest BCUT2D eigenvalue weighted by Crippen LogP contribution is -2.37. The second kappa shape index (κ2) is 17.9. The van der Waals surface area contributed by atoms with Crippen LogP contribution in [0.1, 0.15) is 73.5 Å². The second-order valence-corrected chi connectivity index (χ2v) is 14.2. The summed E-state index contributed by atoms with van der Waals surface area (Å²) in [5.41, 5.74) is 15.5. The number of aryl methyl sites for hydroxylation is 4. The SMILES string of the molecule is CCn1nc(C)cc1C(=O)Nc1nc2cc(C(N)=O)ncc2n1C/C=C/Cn1c(NC(=O)c2cc(C)nn2CC)nc2cc(C(N)=O)cc(OCCCN3CCOCC3)c21. The Morgan fingerprint density at radius 2 is 1.40 bits per heavy atom. The van der Waals surface area contributed by atoms with Gasteiger partial charge in [-0.15, -0.1) is 0 Å². The summed E-state index contributed by atoms with van der Waals surface area (Å²) < 4.78 is 18.6. The first-order valence-corrected chi connectivity index (χ1v) is 19.7. The van der Waals surface area contributed by atoms with Crippen LogP contribution >= 0.6 is 0 Å². The van der Waals surface area contributed by atoms with E-state index < -0.39 is 23.6 Å². The number of morpholine rings is 1. The van der Waals surface area contributed by atoms with Crippen molar-refractivity contribution in [3.8, 4) is 5.75 Å². The number of nitrogens with one attached hydrogen (secondary N) is 2. The molecule has 1 aliphatic rings. The molecule has 0 atom stereocenters. The van der Waals surface area contributed by atoms with Gasteiger partial charge in [0.2, 0.25) is 17.8 Å². The summed E-state index contributed by atoms with van der Waals surface area (Å²) >= 11 is 0. The Bertz CT molecular complexity index is 2610. The Labute approximate surface area is 344 Å². The lowest BCUT2D eigenvalue weighted by molar-refractivity contribution is 0.0358. The molecule has 6 heterocycles. The molecule has 6 aromatic rings. The minimum Gasteiger partial charge on any atom is -0.491 e. The van der Waals surface area contributed by atoms with E-state index in [-0.39, 0.29) is 36.2 Å². The molecule has 314 valence electrons. The smallest absolute Gasteiger partial charge is 0.276 e. The highest BCUT2D eigenvalue weighted by atomic mass is 16.5. The van der Waals surface area contributed by atoms with Crippen LogP contribution in [0.5, 0.6) is 5.75 Å². The summed E-state index contributed by atoms with van der Waals surface area (Å²) in [4.78, 5) is 67.7. The van der Waals surface area contributed by atoms with Crippen molar-refractivity contribution < 1.29 is 28.7 Å². The van der Waals surface area contributed by atoms with Crippen LogP contribution < -0.4 is 26.8 Å². The van der Waals surface area contributed by atoms with Crippen molar-refractivity contribution in [1.82, 2.24) is 48.5 Å². The van der Waals surface area contributed by atoms with Crippen molar-refractivity contribution in [3.63, 3.8) is 0 Å². The number of imidazole rings is 2. The maximum atomic E-state index is 13.8. The van der Waals surface area contributed by atoms with Gasteiger partial charge < -0.3 is 30.1 Å². The number of amides is 4. The van der Waals surface area contributed by atoms with Crippen molar-refractivity contribution >= 4 is 57.6 Å². The van der Waals surface area contributed by atoms with Crippen LogP contribution in [0.4, 0.5) is 11.9 Å². The maximum absolute atomic E-state index is 13.8. The van der Waals surface area contributed by atoms with Gasteiger partial charge in [-0.3, -0.25) is 44.1 Å². The first kappa shape index (κ1) is 41.2. The fourth-order valence-corrected chi connectivity index (χ4v) is 7.12. The molecule has 1 aliphatic heterocycles. The standard InChI is InChI=1S/C40H48N14O6/c1-5-53-30(18-24(3)48-53)37(57)46-39-44-27-22-29(36(42)56)43-23-32(27)51(39)11-7-8-12-52-34-28(45-40(52)47-38(58)31-19-25(4)49-54(31)6-2)20-26(35(41)55)21-33(34)60-15-9-10-50-13-16-59-17-14-50/h7-8,18-23H,5-6,9-17H2,1-4H3,(H2,41,55)(H2,42,56)(H,44,46,57)(H,45,47,58)/b8-7+. The van der Waals surface area contributed by atoms with Crippen LogP contribution in [0.3, 0.4) is 0 Å². The molecule has 20 nitrogen and oxygen atoms in total. The average molecular weight is 821 g/mol. The quantitative estimate of drug-likeness (QED) is 0.0766. The largest absolute Gasteiger partial charge is 0.491 e. The summed E-state index contributed by atoms with van der Waals surface area (Å²) in [6, 6.07) is 8.02. The number of nitrogens with zero attached hydrogens (tertiary/aromatic N) is 10. The normalized spacial score (nSPS) is 13.4. The predicted octanol–water partition coefficient (Wildman–Crippen LogP) is 2.89. The highest BCUT2D eigenvalue weighted by Gasteiger charge is 2.23. The summed E-state index contributed by atoms with van der Waals surface area (Å²) in [5.74, 6) is -1.42. The molecule has 1 fully saturated rings. The van der Waals surface area contributed by atoms with E-state index >= 15 is 0 Å². The first-order chi connectivity index (χ1) is 28.9. The van der Waals surface area contributed by atoms with E-state index in [1.165, 1.54) is 12.3 Å². The molecule has 20 heteroatoms. The molecular weight excluding hydrogens is 773 g/mol. The summed E-state index contributed by atoms with van der Waals surface area (Å²) in [7, 11) is 0. The number of hydrogen-bond donors (Lipinski definition) is 4. The van der Waals surface area contributed by atoms with Crippen LogP contribution in [-0.2, 0) is 30.9 Å². The number of fused-ring (bicyclic) bond motifs is 2. The monoisotopic (exact) mass is 820 g/mol. The molecular formula is C40H48N14O6. The van der Waals surface area contributed by atoms with Gasteiger partial charge in [0.1, 0.15) is 28.3 Å². The van der Waals surface area contributed by atoms with E-state index in [1.54, 1.807) is 49.7 Å². The van der Waals surface area contributed by atoms with E-state index in [4.69, 9.17) is 25.9 Å². The van der Waals surface area contributed by atoms with Gasteiger partial charge in [-0.2, -0.15) is 10.2 Å². The van der Waals surface area contributed by atoms with Crippen molar-refractivity contribution in [2.45, 2.75) is 60.3 Å². The van der Waals surface area contributed by atoms with Crippen molar-refractivity contribution in [1.29, 1.82) is 0 Å². The third kappa shape index (κ3) is 8.88. The molecule has 4 amide bonds. The third-order valence-corrected chi connectivity index (χ3v) is 10.0. The van der Waals surface area contributed by atoms with E-state index in [9.17, 15) is 19.2 Å². The summed E-state index contributed by atoms with van der Waals surface area (Å²) in [6.07, 6.45) is 5.91. The summed E-state index contributed by atoms with van der Waals surface area (Å²) in [5, 5.41) is 14.7. The number of carbonyl (C=O) groups excluding carboxylic acids is 4. The summed E-state index contributed by atoms with van der Waals surface area (Å²) in [6.45, 7) is 13.0. The molecule has 5 aromatic heterocycles. The van der Waals surface area contributed by atoms with Gasteiger partial charge >= 0.3 is 0 Å². The minimum atomic E-state index is -0.715. The van der Waals surface area contributed by atoms with Crippen LogP contribution in [0.2, 0.25) is 0 Å². The average Bonchev–Trinajstić information content (AvgIpc) is 4.00. The molecule has 7 rings (SSSR count). The fourth-order valence-electron chi connectivity index (χ4n) is 7.12. The van der Waals surface area contributed by atoms with E-state index in [0.717, 1.165) is 19.6 Å². The molecule has 60 heavy (non-hydrogen) atoms. The van der Waals surface area contributed by atoms with Crippen molar-refractivity contribution in [2.75, 3.05) is 50.1 Å². The number of primary amides is 2. The number of hydrogen-bond acceptors (Lipinski definition) is 12. The topological polar surface area (TPSA) is 250 Å². The number of carbonyl (C=O) groups is 4. The number of ether oxygens (including phenoxy) is 2. The Kier molecular flexibility index (Phi) is 12.3. The zero-order valence-electron chi connectivity index (χ0n) is 34.0. The number of nitrogens with two attached hydrogens (primary N) is 2. The number of aromatic nitrogens is 9. The van der Waals surface area contributed by atoms with Crippen molar-refractivity contribution in [3.05, 3.63) is 82.7 Å². The maximum Gasteiger partial charge on any atom is 0.276 e. The second-order valence-electron chi connectivity index (χ2n) is 14.2. The lowest BCUT2D eigenvalue weighted by Gasteiger charge is -2.26. The van der Waals surface area contributed by atoms with Gasteiger partial charge in [0, 0.05) is 51.4 Å². The Balaban J connectivity index is 1.22. The zero-order valence-corrected chi connectivity index (χ0v) is 34.0. The van der Waals surface area contributed by atoms with Gasteiger partial charge in [0.05, 0.1) is 54.0 Å². The van der Waals surface area contributed by atoms with Crippen LogP contribution in [0, 0.1) is 13.8 Å². The van der Waals surface area contributed by atoms with Gasteiger partial charge in [0.25, 0.3) is 17.7 Å². The van der Waals surface area contributed by atoms with Gasteiger partial charge in [-0.05, 0) is 64.4 Å². The number of rotatable bonds is 17. The molecule has 1 aromatic carbocycles. The van der Waals surface area contributed by atoms with Gasteiger partial charge in [0.15, 0.2) is 0 Å².